The third-order valence-corrected chi connectivity index (χ3v) is 6.85. The van der Waals surface area contributed by atoms with E-state index in [0.717, 1.165) is 34.3 Å². The largest absolute Gasteiger partial charge is 0.506 e. The zero-order valence-electron chi connectivity index (χ0n) is 12.8. The van der Waals surface area contributed by atoms with Crippen LogP contribution in [0.25, 0.3) is 0 Å². The van der Waals surface area contributed by atoms with E-state index in [1.54, 1.807) is 17.4 Å². The summed E-state index contributed by atoms with van der Waals surface area (Å²) in [5.41, 5.74) is 2.66. The summed E-state index contributed by atoms with van der Waals surface area (Å²) in [4.78, 5) is 14.1. The lowest BCUT2D eigenvalue weighted by Gasteiger charge is -2.27. The zero-order chi connectivity index (χ0) is 16.8. The lowest BCUT2D eigenvalue weighted by Crippen LogP contribution is -2.38. The quantitative estimate of drug-likeness (QED) is 0.507. The van der Waals surface area contributed by atoms with Crippen molar-refractivity contribution in [2.24, 2.45) is 0 Å². The van der Waals surface area contributed by atoms with Gasteiger partial charge in [-0.05, 0) is 59.3 Å². The zero-order valence-corrected chi connectivity index (χ0v) is 16.8. The number of aromatic hydroxyl groups is 1. The van der Waals surface area contributed by atoms with Gasteiger partial charge >= 0.3 is 0 Å². The van der Waals surface area contributed by atoms with Crippen molar-refractivity contribution in [2.45, 2.75) is 38.3 Å². The number of fused-ring (bicyclic) bond motifs is 3. The van der Waals surface area contributed by atoms with Gasteiger partial charge in [0.1, 0.15) is 16.9 Å². The Balaban J connectivity index is 1.74. The van der Waals surface area contributed by atoms with E-state index in [4.69, 9.17) is 0 Å². The molecule has 0 radical (unpaired) electrons. The average molecular weight is 472 g/mol. The number of carbonyl (C=O) groups is 1. The normalized spacial score (nSPS) is 19.8. The summed E-state index contributed by atoms with van der Waals surface area (Å²) in [7, 11) is 0. The van der Waals surface area contributed by atoms with Gasteiger partial charge in [-0.15, -0.1) is 11.3 Å². The van der Waals surface area contributed by atoms with Gasteiger partial charge < -0.3 is 15.7 Å². The average Bonchev–Trinajstić information content (AvgIpc) is 2.73. The van der Waals surface area contributed by atoms with Crippen molar-refractivity contribution >= 4 is 54.1 Å². The molecular weight excluding hydrogens is 456 g/mol. The maximum Gasteiger partial charge on any atom is 0.256 e. The van der Waals surface area contributed by atoms with Gasteiger partial charge in [-0.2, -0.15) is 0 Å². The van der Waals surface area contributed by atoms with Gasteiger partial charge in [0.15, 0.2) is 0 Å². The van der Waals surface area contributed by atoms with Crippen molar-refractivity contribution in [3.05, 3.63) is 42.6 Å². The highest BCUT2D eigenvalue weighted by molar-refractivity contribution is 9.11. The number of nitrogens with one attached hydrogen (secondary N) is 2. The monoisotopic (exact) mass is 470 g/mol. The summed E-state index contributed by atoms with van der Waals surface area (Å²) >= 11 is 8.47. The molecule has 4 rings (SSSR count). The van der Waals surface area contributed by atoms with E-state index in [2.05, 4.69) is 42.5 Å². The summed E-state index contributed by atoms with van der Waals surface area (Å²) in [6.07, 6.45) is 5.16. The number of phenolic OH excluding ortho intramolecular Hbond substituents is 1. The second kappa shape index (κ2) is 6.35. The Hall–Kier alpha value is -1.05. The molecule has 24 heavy (non-hydrogen) atoms. The molecule has 1 atom stereocenters. The van der Waals surface area contributed by atoms with Gasteiger partial charge in [0.05, 0.1) is 10.0 Å². The third kappa shape index (κ3) is 2.76. The number of hydrogen-bond donors (Lipinski definition) is 3. The molecule has 1 amide bonds. The van der Waals surface area contributed by atoms with Crippen molar-refractivity contribution in [3.8, 4) is 5.75 Å². The van der Waals surface area contributed by atoms with Crippen LogP contribution in [0.3, 0.4) is 0 Å². The number of phenols is 1. The van der Waals surface area contributed by atoms with E-state index >= 15 is 0 Å². The van der Waals surface area contributed by atoms with Crippen molar-refractivity contribution < 1.29 is 9.90 Å². The smallest absolute Gasteiger partial charge is 0.256 e. The summed E-state index contributed by atoms with van der Waals surface area (Å²) in [6.45, 7) is 0. The molecular formula is C17H16Br2N2O2S. The van der Waals surface area contributed by atoms with Crippen LogP contribution in [-0.4, -0.2) is 11.0 Å². The van der Waals surface area contributed by atoms with Crippen LogP contribution in [0.4, 0.5) is 5.00 Å². The Kier molecular flexibility index (Phi) is 4.34. The first-order valence-electron chi connectivity index (χ1n) is 7.94. The third-order valence-electron chi connectivity index (χ3n) is 4.57. The van der Waals surface area contributed by atoms with Crippen LogP contribution >= 0.6 is 43.2 Å². The van der Waals surface area contributed by atoms with Gasteiger partial charge in [-0.1, -0.05) is 22.4 Å². The Morgan fingerprint density at radius 2 is 1.92 bits per heavy atom. The Morgan fingerprint density at radius 3 is 2.75 bits per heavy atom. The Bertz CT molecular complexity index is 834. The van der Waals surface area contributed by atoms with Gasteiger partial charge in [0.2, 0.25) is 0 Å². The molecule has 7 heteroatoms. The summed E-state index contributed by atoms with van der Waals surface area (Å²) in [6, 6.07) is 3.60. The van der Waals surface area contributed by atoms with E-state index in [1.807, 2.05) is 6.07 Å². The van der Waals surface area contributed by atoms with Crippen LogP contribution in [-0.2, 0) is 12.8 Å². The van der Waals surface area contributed by atoms with E-state index in [9.17, 15) is 9.90 Å². The highest BCUT2D eigenvalue weighted by Crippen LogP contribution is 2.43. The molecule has 1 aromatic heterocycles. The van der Waals surface area contributed by atoms with Crippen LogP contribution in [0.15, 0.2) is 21.1 Å². The summed E-state index contributed by atoms with van der Waals surface area (Å²) < 4.78 is 1.43. The molecule has 0 saturated heterocycles. The fraction of sp³-hybridized carbons (Fsp3) is 0.353. The number of thiophene rings is 1. The number of aryl methyl sites for hydroxylation is 1. The molecule has 2 aromatic rings. The molecule has 1 aliphatic heterocycles. The highest BCUT2D eigenvalue weighted by Gasteiger charge is 2.32. The molecule has 2 heterocycles. The summed E-state index contributed by atoms with van der Waals surface area (Å²) in [5.74, 6) is 0.0845. The standard InChI is InChI=1S/C17H16Br2N2O2S/c18-8-6-10(14(22)11(19)7-8)15-20-16(23)13-9-4-2-1-3-5-12(9)24-17(13)21-15/h6-7,15,21-22H,1-5H2,(H,20,23). The molecule has 4 nitrogen and oxygen atoms in total. The minimum Gasteiger partial charge on any atom is -0.506 e. The Morgan fingerprint density at radius 1 is 1.12 bits per heavy atom. The van der Waals surface area contributed by atoms with Crippen LogP contribution in [0, 0.1) is 0 Å². The van der Waals surface area contributed by atoms with Gasteiger partial charge in [0.25, 0.3) is 5.91 Å². The topological polar surface area (TPSA) is 61.4 Å². The van der Waals surface area contributed by atoms with Crippen molar-refractivity contribution in [1.29, 1.82) is 0 Å². The molecule has 2 aliphatic rings. The predicted octanol–water partition coefficient (Wildman–Crippen LogP) is 5.10. The van der Waals surface area contributed by atoms with Crippen LogP contribution in [0.2, 0.25) is 0 Å². The van der Waals surface area contributed by atoms with Crippen molar-refractivity contribution in [1.82, 2.24) is 5.32 Å². The van der Waals surface area contributed by atoms with E-state index in [0.29, 0.717) is 10.0 Å². The van der Waals surface area contributed by atoms with Crippen LogP contribution in [0.5, 0.6) is 5.75 Å². The minimum absolute atomic E-state index is 0.0522. The summed E-state index contributed by atoms with van der Waals surface area (Å²) in [5, 5.41) is 17.7. The second-order valence-electron chi connectivity index (χ2n) is 6.14. The first kappa shape index (κ1) is 16.4. The number of amides is 1. The van der Waals surface area contributed by atoms with Crippen molar-refractivity contribution in [3.63, 3.8) is 0 Å². The molecule has 1 aliphatic carbocycles. The van der Waals surface area contributed by atoms with Gasteiger partial charge in [-0.25, -0.2) is 0 Å². The molecule has 126 valence electrons. The maximum atomic E-state index is 12.7. The fourth-order valence-electron chi connectivity index (χ4n) is 3.42. The number of rotatable bonds is 1. The van der Waals surface area contributed by atoms with Gasteiger partial charge in [0, 0.05) is 14.9 Å². The molecule has 0 saturated carbocycles. The predicted molar refractivity (Wildman–Crippen MR) is 103 cm³/mol. The number of halogens is 2. The number of benzene rings is 1. The van der Waals surface area contributed by atoms with E-state index in [-0.39, 0.29) is 11.7 Å². The van der Waals surface area contributed by atoms with E-state index in [1.165, 1.54) is 23.3 Å². The highest BCUT2D eigenvalue weighted by atomic mass is 79.9. The molecule has 0 spiro atoms. The lowest BCUT2D eigenvalue weighted by atomic mass is 10.0. The second-order valence-corrected chi connectivity index (χ2v) is 9.02. The maximum absolute atomic E-state index is 12.7. The van der Waals surface area contributed by atoms with Crippen LogP contribution < -0.4 is 10.6 Å². The van der Waals surface area contributed by atoms with E-state index < -0.39 is 6.17 Å². The first-order chi connectivity index (χ1) is 11.5. The lowest BCUT2D eigenvalue weighted by molar-refractivity contribution is 0.0935. The molecule has 1 aromatic carbocycles. The number of carbonyl (C=O) groups excluding carboxylic acids is 1. The van der Waals surface area contributed by atoms with Gasteiger partial charge in [-0.3, -0.25) is 4.79 Å². The first-order valence-corrected chi connectivity index (χ1v) is 10.3. The van der Waals surface area contributed by atoms with Crippen LogP contribution in [0.1, 0.15) is 51.8 Å². The molecule has 3 N–H and O–H groups in total. The minimum atomic E-state index is -0.443. The Labute approximate surface area is 160 Å². The number of anilines is 1. The molecule has 1 unspecified atom stereocenters. The van der Waals surface area contributed by atoms with Crippen molar-refractivity contribution in [2.75, 3.05) is 5.32 Å². The molecule has 0 fully saturated rings. The SMILES string of the molecule is O=C1NC(c2cc(Br)cc(Br)c2O)Nc2sc3c(c21)CCCCC3. The fourth-order valence-corrected chi connectivity index (χ4v) is 5.99. The number of hydrogen-bond acceptors (Lipinski definition) is 4. The molecule has 0 bridgehead atoms.